The highest BCUT2D eigenvalue weighted by Crippen LogP contribution is 2.24. The number of hydrogen-bond acceptors (Lipinski definition) is 3. The lowest BCUT2D eigenvalue weighted by Gasteiger charge is -2.23. The number of carbonyl (C=O) groups is 1. The van der Waals surface area contributed by atoms with Crippen molar-refractivity contribution in [3.05, 3.63) is 35.9 Å². The van der Waals surface area contributed by atoms with Gasteiger partial charge in [0.15, 0.2) is 0 Å². The second-order valence-electron chi connectivity index (χ2n) is 3.25. The summed E-state index contributed by atoms with van der Waals surface area (Å²) >= 11 is 0. The van der Waals surface area contributed by atoms with Crippen LogP contribution in [0.15, 0.2) is 30.3 Å². The van der Waals surface area contributed by atoms with Crippen molar-refractivity contribution in [3.8, 4) is 0 Å². The van der Waals surface area contributed by atoms with Crippen LogP contribution in [0.1, 0.15) is 12.5 Å². The summed E-state index contributed by atoms with van der Waals surface area (Å²) in [6.45, 7) is 1.27. The third-order valence-electron chi connectivity index (χ3n) is 2.33. The zero-order valence-corrected chi connectivity index (χ0v) is 7.71. The van der Waals surface area contributed by atoms with Crippen LogP contribution in [0.2, 0.25) is 0 Å². The highest BCUT2D eigenvalue weighted by molar-refractivity contribution is 6.51. The van der Waals surface area contributed by atoms with Crippen LogP contribution >= 0.6 is 0 Å². The number of rotatable bonds is 3. The van der Waals surface area contributed by atoms with E-state index in [0.29, 0.717) is 5.56 Å². The first-order chi connectivity index (χ1) is 6.49. The van der Waals surface area contributed by atoms with E-state index < -0.39 is 18.4 Å². The topological polar surface area (TPSA) is 77.8 Å². The van der Waals surface area contributed by atoms with E-state index in [0.717, 1.165) is 0 Å². The molecule has 0 radical (unpaired) electrons. The van der Waals surface area contributed by atoms with Gasteiger partial charge >= 0.3 is 13.1 Å². The van der Waals surface area contributed by atoms with Gasteiger partial charge in [0.05, 0.1) is 0 Å². The molecule has 1 atom stereocenters. The van der Waals surface area contributed by atoms with E-state index in [1.54, 1.807) is 30.3 Å². The molecule has 0 heterocycles. The molecule has 5 heteroatoms. The molecule has 0 amide bonds. The van der Waals surface area contributed by atoms with Gasteiger partial charge in [-0.2, -0.15) is 0 Å². The van der Waals surface area contributed by atoms with Crippen molar-refractivity contribution in [1.29, 1.82) is 0 Å². The first-order valence-electron chi connectivity index (χ1n) is 4.14. The van der Waals surface area contributed by atoms with Crippen LogP contribution in [0.3, 0.4) is 0 Å². The standard InChI is InChI=1S/C9H11BO4/c1-9(8(11)12,10(13)14)7-5-3-2-4-6-7/h2-6,13-14H,1H3,(H,11,12). The molecule has 0 aliphatic rings. The van der Waals surface area contributed by atoms with Crippen molar-refractivity contribution in [3.63, 3.8) is 0 Å². The van der Waals surface area contributed by atoms with E-state index in [1.807, 2.05) is 0 Å². The lowest BCUT2D eigenvalue weighted by Crippen LogP contribution is -2.47. The summed E-state index contributed by atoms with van der Waals surface area (Å²) in [6.07, 6.45) is 0. The van der Waals surface area contributed by atoms with Crippen molar-refractivity contribution >= 4 is 13.1 Å². The third-order valence-corrected chi connectivity index (χ3v) is 2.33. The van der Waals surface area contributed by atoms with E-state index in [4.69, 9.17) is 15.2 Å². The van der Waals surface area contributed by atoms with Crippen molar-refractivity contribution in [2.24, 2.45) is 0 Å². The number of benzene rings is 1. The second-order valence-corrected chi connectivity index (χ2v) is 3.25. The highest BCUT2D eigenvalue weighted by atomic mass is 16.4. The molecule has 0 aliphatic carbocycles. The molecule has 1 aromatic rings. The first kappa shape index (κ1) is 10.8. The summed E-state index contributed by atoms with van der Waals surface area (Å²) in [5.74, 6) is -1.27. The van der Waals surface area contributed by atoms with Gasteiger partial charge in [0.2, 0.25) is 0 Å². The van der Waals surface area contributed by atoms with Gasteiger partial charge in [-0.25, -0.2) is 0 Å². The minimum atomic E-state index is -1.93. The predicted molar refractivity (Wildman–Crippen MR) is 51.6 cm³/mol. The average molecular weight is 194 g/mol. The van der Waals surface area contributed by atoms with Crippen LogP contribution < -0.4 is 0 Å². The molecule has 1 rings (SSSR count). The minimum Gasteiger partial charge on any atom is -0.481 e. The molecule has 3 N–H and O–H groups in total. The Morgan fingerprint density at radius 2 is 1.79 bits per heavy atom. The fourth-order valence-electron chi connectivity index (χ4n) is 1.17. The summed E-state index contributed by atoms with van der Waals surface area (Å²) in [6, 6.07) is 8.13. The summed E-state index contributed by atoms with van der Waals surface area (Å²) in [7, 11) is -1.93. The smallest absolute Gasteiger partial charge is 0.474 e. The summed E-state index contributed by atoms with van der Waals surface area (Å²) < 4.78 is 0. The molecule has 0 aliphatic heterocycles. The van der Waals surface area contributed by atoms with Gasteiger partial charge in [-0.3, -0.25) is 4.79 Å². The Hall–Kier alpha value is -1.33. The number of hydrogen-bond donors (Lipinski definition) is 3. The predicted octanol–water partition coefficient (Wildman–Crippen LogP) is 0.0409. The number of carboxylic acids is 1. The van der Waals surface area contributed by atoms with E-state index in [9.17, 15) is 4.79 Å². The SMILES string of the molecule is CC(B(O)O)(C(=O)O)c1ccccc1. The Labute approximate surface area is 82.0 Å². The molecule has 4 nitrogen and oxygen atoms in total. The summed E-state index contributed by atoms with van der Waals surface area (Å²) in [5, 5.41) is 25.4. The van der Waals surface area contributed by atoms with Crippen molar-refractivity contribution < 1.29 is 19.9 Å². The molecule has 0 saturated carbocycles. The fraction of sp³-hybridized carbons (Fsp3) is 0.222. The fourth-order valence-corrected chi connectivity index (χ4v) is 1.17. The van der Waals surface area contributed by atoms with Crippen LogP contribution in [0.5, 0.6) is 0 Å². The van der Waals surface area contributed by atoms with Crippen molar-refractivity contribution in [1.82, 2.24) is 0 Å². The van der Waals surface area contributed by atoms with E-state index in [2.05, 4.69) is 0 Å². The normalized spacial score (nSPS) is 14.5. The Morgan fingerprint density at radius 3 is 2.14 bits per heavy atom. The van der Waals surface area contributed by atoms with Gasteiger partial charge in [0.25, 0.3) is 0 Å². The molecule has 0 bridgehead atoms. The van der Waals surface area contributed by atoms with Crippen molar-refractivity contribution in [2.75, 3.05) is 0 Å². The summed E-state index contributed by atoms with van der Waals surface area (Å²) in [4.78, 5) is 10.9. The molecule has 74 valence electrons. The molecule has 14 heavy (non-hydrogen) atoms. The molecular weight excluding hydrogens is 183 g/mol. The Kier molecular flexibility index (Phi) is 2.93. The third kappa shape index (κ3) is 1.64. The molecule has 0 aromatic heterocycles. The Morgan fingerprint density at radius 1 is 1.29 bits per heavy atom. The lowest BCUT2D eigenvalue weighted by molar-refractivity contribution is -0.140. The molecular formula is C9H11BO4. The van der Waals surface area contributed by atoms with Gasteiger partial charge in [0.1, 0.15) is 5.31 Å². The average Bonchev–Trinajstić information content (AvgIpc) is 2.17. The zero-order valence-electron chi connectivity index (χ0n) is 7.71. The highest BCUT2D eigenvalue weighted by Gasteiger charge is 2.46. The van der Waals surface area contributed by atoms with Gasteiger partial charge in [-0.1, -0.05) is 30.3 Å². The van der Waals surface area contributed by atoms with E-state index >= 15 is 0 Å². The number of carboxylic acid groups (broad SMARTS) is 1. The van der Waals surface area contributed by atoms with Crippen LogP contribution in [-0.4, -0.2) is 28.2 Å². The zero-order chi connectivity index (χ0) is 10.8. The first-order valence-corrected chi connectivity index (χ1v) is 4.14. The molecule has 1 unspecified atom stereocenters. The maximum absolute atomic E-state index is 10.9. The van der Waals surface area contributed by atoms with Gasteiger partial charge in [0, 0.05) is 0 Å². The Bertz CT molecular complexity index is 325. The molecule has 0 fully saturated rings. The second kappa shape index (κ2) is 3.81. The maximum Gasteiger partial charge on any atom is 0.474 e. The largest absolute Gasteiger partial charge is 0.481 e. The van der Waals surface area contributed by atoms with E-state index in [1.165, 1.54) is 6.92 Å². The lowest BCUT2D eigenvalue weighted by atomic mass is 9.55. The molecule has 1 aromatic carbocycles. The van der Waals surface area contributed by atoms with Crippen LogP contribution in [0.4, 0.5) is 0 Å². The van der Waals surface area contributed by atoms with Gasteiger partial charge in [-0.05, 0) is 12.5 Å². The Balaban J connectivity index is 3.20. The van der Waals surface area contributed by atoms with Gasteiger partial charge < -0.3 is 15.2 Å². The van der Waals surface area contributed by atoms with Crippen LogP contribution in [-0.2, 0) is 10.1 Å². The molecule has 0 spiro atoms. The van der Waals surface area contributed by atoms with Crippen molar-refractivity contribution in [2.45, 2.75) is 12.2 Å². The molecule has 0 saturated heterocycles. The monoisotopic (exact) mass is 194 g/mol. The summed E-state index contributed by atoms with van der Waals surface area (Å²) in [5.41, 5.74) is 0.363. The van der Waals surface area contributed by atoms with Crippen LogP contribution in [0, 0.1) is 0 Å². The van der Waals surface area contributed by atoms with Gasteiger partial charge in [-0.15, -0.1) is 0 Å². The van der Waals surface area contributed by atoms with E-state index in [-0.39, 0.29) is 0 Å². The minimum absolute atomic E-state index is 0.363. The van der Waals surface area contributed by atoms with Crippen LogP contribution in [0.25, 0.3) is 0 Å². The number of aliphatic carboxylic acids is 1. The maximum atomic E-state index is 10.9. The quantitative estimate of drug-likeness (QED) is 0.593.